The Morgan fingerprint density at radius 2 is 1.96 bits per heavy atom. The minimum absolute atomic E-state index is 0.0759. The molecule has 2 heterocycles. The number of fused-ring (bicyclic) bond motifs is 2. The summed E-state index contributed by atoms with van der Waals surface area (Å²) in [6.45, 7) is 1.96. The zero-order valence-corrected chi connectivity index (χ0v) is 12.8. The topological polar surface area (TPSA) is 73.8 Å². The van der Waals surface area contributed by atoms with Gasteiger partial charge in [0.25, 0.3) is 5.91 Å². The zero-order valence-electron chi connectivity index (χ0n) is 12.8. The van der Waals surface area contributed by atoms with E-state index in [1.165, 1.54) is 18.2 Å². The van der Waals surface area contributed by atoms with E-state index in [-0.39, 0.29) is 11.4 Å². The van der Waals surface area contributed by atoms with Crippen molar-refractivity contribution < 1.29 is 9.18 Å². The van der Waals surface area contributed by atoms with Crippen LogP contribution in [0.15, 0.2) is 48.5 Å². The molecule has 2 N–H and O–H groups in total. The van der Waals surface area contributed by atoms with E-state index < -0.39 is 11.7 Å². The van der Waals surface area contributed by atoms with Gasteiger partial charge in [-0.2, -0.15) is 4.68 Å². The van der Waals surface area contributed by atoms with Crippen molar-refractivity contribution in [2.45, 2.75) is 6.92 Å². The molecule has 0 unspecified atom stereocenters. The maximum absolute atomic E-state index is 13.9. The number of carbonyl (C=O) groups is 1. The fraction of sp³-hybridized carbons (Fsp3) is 0.0556. The van der Waals surface area contributed by atoms with E-state index in [0.29, 0.717) is 11.0 Å². The number of nitrogen functional groups attached to an aromatic ring is 1. The van der Waals surface area contributed by atoms with E-state index >= 15 is 0 Å². The lowest BCUT2D eigenvalue weighted by atomic mass is 10.1. The fourth-order valence-corrected chi connectivity index (χ4v) is 2.72. The van der Waals surface area contributed by atoms with Crippen LogP contribution >= 0.6 is 0 Å². The summed E-state index contributed by atoms with van der Waals surface area (Å²) in [6.07, 6.45) is 0. The molecule has 0 aliphatic heterocycles. The first kappa shape index (κ1) is 14.3. The Morgan fingerprint density at radius 3 is 2.75 bits per heavy atom. The third-order valence-corrected chi connectivity index (χ3v) is 3.93. The van der Waals surface area contributed by atoms with Crippen LogP contribution in [0.25, 0.3) is 21.9 Å². The van der Waals surface area contributed by atoms with E-state index in [9.17, 15) is 9.18 Å². The third kappa shape index (κ3) is 2.11. The van der Waals surface area contributed by atoms with Crippen molar-refractivity contribution in [2.24, 2.45) is 0 Å². The summed E-state index contributed by atoms with van der Waals surface area (Å²) in [5.74, 6) is -1.03. The van der Waals surface area contributed by atoms with Crippen LogP contribution in [0.5, 0.6) is 0 Å². The molecule has 4 aromatic rings. The monoisotopic (exact) mass is 320 g/mol. The number of hydrogen-bond donors (Lipinski definition) is 1. The molecule has 0 bridgehead atoms. The highest BCUT2D eigenvalue weighted by molar-refractivity contribution is 6.05. The number of benzene rings is 2. The van der Waals surface area contributed by atoms with Gasteiger partial charge in [-0.05, 0) is 36.8 Å². The molecule has 6 heteroatoms. The van der Waals surface area contributed by atoms with Gasteiger partial charge in [-0.1, -0.05) is 24.3 Å². The minimum Gasteiger partial charge on any atom is -0.382 e. The first-order chi connectivity index (χ1) is 11.5. The van der Waals surface area contributed by atoms with Gasteiger partial charge in [-0.3, -0.25) is 4.79 Å². The van der Waals surface area contributed by atoms with Gasteiger partial charge in [0, 0.05) is 5.39 Å². The zero-order chi connectivity index (χ0) is 16.8. The van der Waals surface area contributed by atoms with Gasteiger partial charge in [0.15, 0.2) is 11.5 Å². The van der Waals surface area contributed by atoms with Crippen molar-refractivity contribution >= 4 is 33.7 Å². The number of pyridine rings is 1. The highest BCUT2D eigenvalue weighted by atomic mass is 19.1. The van der Waals surface area contributed by atoms with Crippen molar-refractivity contribution in [3.8, 4) is 0 Å². The second kappa shape index (κ2) is 5.13. The average molecular weight is 320 g/mol. The van der Waals surface area contributed by atoms with Gasteiger partial charge in [0.2, 0.25) is 0 Å². The maximum Gasteiger partial charge on any atom is 0.283 e. The lowest BCUT2D eigenvalue weighted by Crippen LogP contribution is -2.16. The van der Waals surface area contributed by atoms with Crippen molar-refractivity contribution in [3.63, 3.8) is 0 Å². The molecule has 0 saturated carbocycles. The summed E-state index contributed by atoms with van der Waals surface area (Å²) < 4.78 is 15.0. The van der Waals surface area contributed by atoms with E-state index in [4.69, 9.17) is 5.73 Å². The second-order valence-corrected chi connectivity index (χ2v) is 5.64. The molecule has 0 radical (unpaired) electrons. The smallest absolute Gasteiger partial charge is 0.283 e. The van der Waals surface area contributed by atoms with E-state index in [0.717, 1.165) is 21.1 Å². The van der Waals surface area contributed by atoms with Gasteiger partial charge in [0.1, 0.15) is 5.82 Å². The Kier molecular flexibility index (Phi) is 3.06. The Labute approximate surface area is 136 Å². The van der Waals surface area contributed by atoms with Gasteiger partial charge in [-0.25, -0.2) is 9.37 Å². The normalized spacial score (nSPS) is 11.2. The second-order valence-electron chi connectivity index (χ2n) is 5.64. The van der Waals surface area contributed by atoms with Crippen molar-refractivity contribution in [1.82, 2.24) is 14.8 Å². The summed E-state index contributed by atoms with van der Waals surface area (Å²) in [4.78, 5) is 17.2. The van der Waals surface area contributed by atoms with Crippen LogP contribution in [-0.4, -0.2) is 20.7 Å². The number of carbonyl (C=O) groups excluding carboxylic acids is 1. The van der Waals surface area contributed by atoms with Crippen molar-refractivity contribution in [1.29, 1.82) is 0 Å². The maximum atomic E-state index is 13.9. The van der Waals surface area contributed by atoms with Gasteiger partial charge in [-0.15, -0.1) is 5.10 Å². The molecule has 0 aliphatic carbocycles. The van der Waals surface area contributed by atoms with Crippen molar-refractivity contribution in [3.05, 3.63) is 65.5 Å². The molecule has 0 saturated heterocycles. The summed E-state index contributed by atoms with van der Waals surface area (Å²) >= 11 is 0. The predicted molar refractivity (Wildman–Crippen MR) is 90.3 cm³/mol. The van der Waals surface area contributed by atoms with E-state index in [2.05, 4.69) is 10.1 Å². The van der Waals surface area contributed by atoms with Crippen LogP contribution < -0.4 is 5.73 Å². The number of rotatable bonds is 1. The number of nitrogens with zero attached hydrogens (tertiary/aromatic N) is 3. The minimum atomic E-state index is -0.610. The van der Waals surface area contributed by atoms with Crippen LogP contribution in [0.4, 0.5) is 10.2 Å². The molecule has 0 aliphatic rings. The SMILES string of the molecule is Cc1ccc2cc3c(N)nn(C(=O)c4ccccc4F)c3nc2c1. The molecule has 2 aromatic heterocycles. The fourth-order valence-electron chi connectivity index (χ4n) is 2.72. The lowest BCUT2D eigenvalue weighted by Gasteiger charge is -2.04. The highest BCUT2D eigenvalue weighted by Gasteiger charge is 2.20. The first-order valence-corrected chi connectivity index (χ1v) is 7.39. The lowest BCUT2D eigenvalue weighted by molar-refractivity contribution is 0.0946. The number of nitrogens with two attached hydrogens (primary N) is 1. The Morgan fingerprint density at radius 1 is 1.17 bits per heavy atom. The van der Waals surface area contributed by atoms with Gasteiger partial charge >= 0.3 is 0 Å². The van der Waals surface area contributed by atoms with Crippen LogP contribution in [0.1, 0.15) is 15.9 Å². The average Bonchev–Trinajstić information content (AvgIpc) is 2.89. The number of aryl methyl sites for hydroxylation is 1. The Bertz CT molecular complexity index is 1120. The summed E-state index contributed by atoms with van der Waals surface area (Å²) in [5, 5.41) is 5.53. The molecule has 0 atom stereocenters. The standard InChI is InChI=1S/C18H13FN4O/c1-10-6-7-11-9-13-16(20)22-23(17(13)21-15(11)8-10)18(24)12-4-2-3-5-14(12)19/h2-9H,1H3,(H2,20,22). The summed E-state index contributed by atoms with van der Waals surface area (Å²) in [7, 11) is 0. The number of anilines is 1. The quantitative estimate of drug-likeness (QED) is 0.584. The highest BCUT2D eigenvalue weighted by Crippen LogP contribution is 2.25. The molecule has 4 rings (SSSR count). The molecule has 0 spiro atoms. The summed E-state index contributed by atoms with van der Waals surface area (Å²) in [5.41, 5.74) is 7.95. The molecule has 0 amide bonds. The Hall–Kier alpha value is -3.28. The van der Waals surface area contributed by atoms with Gasteiger partial charge < -0.3 is 5.73 Å². The van der Waals surface area contributed by atoms with E-state index in [1.807, 2.05) is 31.2 Å². The van der Waals surface area contributed by atoms with Crippen LogP contribution in [-0.2, 0) is 0 Å². The van der Waals surface area contributed by atoms with Crippen LogP contribution in [0.3, 0.4) is 0 Å². The number of hydrogen-bond acceptors (Lipinski definition) is 4. The molecular formula is C18H13FN4O. The van der Waals surface area contributed by atoms with Crippen LogP contribution in [0.2, 0.25) is 0 Å². The summed E-state index contributed by atoms with van der Waals surface area (Å²) in [6, 6.07) is 13.4. The number of aromatic nitrogens is 3. The molecule has 118 valence electrons. The predicted octanol–water partition coefficient (Wildman–Crippen LogP) is 3.30. The van der Waals surface area contributed by atoms with Crippen LogP contribution in [0, 0.1) is 12.7 Å². The number of halogens is 1. The largest absolute Gasteiger partial charge is 0.382 e. The third-order valence-electron chi connectivity index (χ3n) is 3.93. The molecule has 2 aromatic carbocycles. The molecule has 24 heavy (non-hydrogen) atoms. The van der Waals surface area contributed by atoms with E-state index in [1.54, 1.807) is 6.07 Å². The van der Waals surface area contributed by atoms with Crippen molar-refractivity contribution in [2.75, 3.05) is 5.73 Å². The first-order valence-electron chi connectivity index (χ1n) is 7.39. The van der Waals surface area contributed by atoms with Gasteiger partial charge in [0.05, 0.1) is 16.5 Å². The Balaban J connectivity index is 1.99. The molecular weight excluding hydrogens is 307 g/mol. The molecule has 0 fully saturated rings. The molecule has 5 nitrogen and oxygen atoms in total.